The summed E-state index contributed by atoms with van der Waals surface area (Å²) >= 11 is 1.41. The van der Waals surface area contributed by atoms with Crippen LogP contribution in [0.2, 0.25) is 0 Å². The number of carbonyl (C=O) groups is 1. The van der Waals surface area contributed by atoms with Crippen LogP contribution in [0.3, 0.4) is 0 Å². The summed E-state index contributed by atoms with van der Waals surface area (Å²) in [5.74, 6) is 5.97. The first-order valence-corrected chi connectivity index (χ1v) is 12.0. The normalized spacial score (nSPS) is 10.8. The number of aromatic nitrogens is 1. The second-order valence-corrected chi connectivity index (χ2v) is 9.15. The number of ether oxygens (including phenoxy) is 2. The molecule has 0 aliphatic heterocycles. The predicted molar refractivity (Wildman–Crippen MR) is 137 cm³/mol. The predicted octanol–water partition coefficient (Wildman–Crippen LogP) is 7.22. The summed E-state index contributed by atoms with van der Waals surface area (Å²) in [7, 11) is 0. The third kappa shape index (κ3) is 7.54. The number of benzene rings is 3. The molecule has 0 amide bonds. The lowest BCUT2D eigenvalue weighted by molar-refractivity contribution is -0.139. The van der Waals surface area contributed by atoms with E-state index in [0.29, 0.717) is 17.1 Å². The zero-order chi connectivity index (χ0) is 27.1. The van der Waals surface area contributed by atoms with Crippen LogP contribution in [0.5, 0.6) is 17.4 Å². The highest BCUT2D eigenvalue weighted by atomic mass is 32.2. The van der Waals surface area contributed by atoms with Crippen molar-refractivity contribution in [2.24, 2.45) is 0 Å². The molecule has 4 aromatic rings. The summed E-state index contributed by atoms with van der Waals surface area (Å²) in [6.07, 6.45) is -3.77. The van der Waals surface area contributed by atoms with Crippen molar-refractivity contribution in [2.45, 2.75) is 22.9 Å². The molecule has 5 nitrogen and oxygen atoms in total. The van der Waals surface area contributed by atoms with Crippen molar-refractivity contribution in [2.75, 3.05) is 6.61 Å². The van der Waals surface area contributed by atoms with Gasteiger partial charge in [0.25, 0.3) is 0 Å². The molecule has 0 atom stereocenters. The van der Waals surface area contributed by atoms with Gasteiger partial charge in [0.2, 0.25) is 5.88 Å². The Labute approximate surface area is 221 Å². The standard InChI is InChI=1S/C29H20F3NO4S/c1-19-13-24(10-11-26(19)36-18-28(34)35)38-25-15-21(8-7-20-5-3-2-4-6-20)14-23(16-25)37-27-12-9-22(17-33-27)29(30,31)32/h2-6,9-17H,18H2,1H3,(H,34,35). The Kier molecular flexibility index (Phi) is 8.24. The minimum absolute atomic E-state index is 0.0119. The molecule has 4 rings (SSSR count). The van der Waals surface area contributed by atoms with Crippen LogP contribution >= 0.6 is 11.8 Å². The maximum Gasteiger partial charge on any atom is 0.417 e. The van der Waals surface area contributed by atoms with Gasteiger partial charge in [-0.25, -0.2) is 9.78 Å². The summed E-state index contributed by atoms with van der Waals surface area (Å²) in [4.78, 5) is 16.2. The molecule has 38 heavy (non-hydrogen) atoms. The third-order valence-electron chi connectivity index (χ3n) is 5.02. The van der Waals surface area contributed by atoms with Crippen LogP contribution in [-0.4, -0.2) is 22.7 Å². The van der Waals surface area contributed by atoms with Crippen molar-refractivity contribution < 1.29 is 32.5 Å². The van der Waals surface area contributed by atoms with Gasteiger partial charge in [0, 0.05) is 33.2 Å². The van der Waals surface area contributed by atoms with Crippen molar-refractivity contribution in [3.63, 3.8) is 0 Å². The average molecular weight is 536 g/mol. The quantitative estimate of drug-likeness (QED) is 0.252. The van der Waals surface area contributed by atoms with E-state index < -0.39 is 24.3 Å². The van der Waals surface area contributed by atoms with Crippen molar-refractivity contribution >= 4 is 17.7 Å². The Morgan fingerprint density at radius 1 is 0.947 bits per heavy atom. The van der Waals surface area contributed by atoms with E-state index in [1.54, 1.807) is 24.3 Å². The third-order valence-corrected chi connectivity index (χ3v) is 5.99. The maximum absolute atomic E-state index is 12.9. The number of aryl methyl sites for hydroxylation is 1. The van der Waals surface area contributed by atoms with Crippen LogP contribution in [0.1, 0.15) is 22.3 Å². The molecule has 192 valence electrons. The molecule has 0 aliphatic rings. The number of carboxylic acids is 1. The maximum atomic E-state index is 12.9. The first-order chi connectivity index (χ1) is 18.2. The number of alkyl halides is 3. The van der Waals surface area contributed by atoms with E-state index in [1.807, 2.05) is 49.4 Å². The molecular weight excluding hydrogens is 515 g/mol. The van der Waals surface area contributed by atoms with Gasteiger partial charge in [-0.15, -0.1) is 0 Å². The molecule has 1 heterocycles. The van der Waals surface area contributed by atoms with E-state index in [2.05, 4.69) is 16.8 Å². The molecule has 1 aromatic heterocycles. The number of halogens is 3. The summed E-state index contributed by atoms with van der Waals surface area (Å²) in [6, 6.07) is 22.2. The van der Waals surface area contributed by atoms with Crippen LogP contribution in [-0.2, 0) is 11.0 Å². The average Bonchev–Trinajstić information content (AvgIpc) is 2.87. The van der Waals surface area contributed by atoms with E-state index in [1.165, 1.54) is 11.8 Å². The van der Waals surface area contributed by atoms with Gasteiger partial charge in [-0.2, -0.15) is 13.2 Å². The number of pyridine rings is 1. The van der Waals surface area contributed by atoms with E-state index in [9.17, 15) is 18.0 Å². The van der Waals surface area contributed by atoms with Crippen molar-refractivity contribution in [1.29, 1.82) is 0 Å². The first kappa shape index (κ1) is 26.6. The number of carboxylic acid groups (broad SMARTS) is 1. The molecule has 0 spiro atoms. The molecule has 1 N–H and O–H groups in total. The molecule has 0 saturated carbocycles. The van der Waals surface area contributed by atoms with Crippen molar-refractivity contribution in [3.05, 3.63) is 107 Å². The largest absolute Gasteiger partial charge is 0.482 e. The molecule has 0 saturated heterocycles. The first-order valence-electron chi connectivity index (χ1n) is 11.2. The highest BCUT2D eigenvalue weighted by Crippen LogP contribution is 2.35. The van der Waals surface area contributed by atoms with Crippen LogP contribution in [0.25, 0.3) is 0 Å². The Hall–Kier alpha value is -4.42. The minimum Gasteiger partial charge on any atom is -0.482 e. The topological polar surface area (TPSA) is 68.7 Å². The van der Waals surface area contributed by atoms with Crippen molar-refractivity contribution in [3.8, 4) is 29.2 Å². The fraction of sp³-hybridized carbons (Fsp3) is 0.103. The molecule has 0 radical (unpaired) electrons. The van der Waals surface area contributed by atoms with Gasteiger partial charge in [0.1, 0.15) is 11.5 Å². The second-order valence-electron chi connectivity index (χ2n) is 8.01. The van der Waals surface area contributed by atoms with Gasteiger partial charge in [-0.1, -0.05) is 41.8 Å². The molecule has 9 heteroatoms. The smallest absolute Gasteiger partial charge is 0.417 e. The Morgan fingerprint density at radius 3 is 2.37 bits per heavy atom. The van der Waals surface area contributed by atoms with Gasteiger partial charge in [0.15, 0.2) is 6.61 Å². The lowest BCUT2D eigenvalue weighted by Gasteiger charge is -2.11. The van der Waals surface area contributed by atoms with Gasteiger partial charge in [0.05, 0.1) is 5.56 Å². The van der Waals surface area contributed by atoms with Crippen LogP contribution in [0, 0.1) is 18.8 Å². The molecule has 0 aliphatic carbocycles. The van der Waals surface area contributed by atoms with Crippen LogP contribution in [0.4, 0.5) is 13.2 Å². The SMILES string of the molecule is Cc1cc(Sc2cc(C#Cc3ccccc3)cc(Oc3ccc(C(F)(F)F)cn3)c2)ccc1OCC(=O)O. The fourth-order valence-electron chi connectivity index (χ4n) is 3.28. The van der Waals surface area contributed by atoms with E-state index in [-0.39, 0.29) is 5.88 Å². The fourth-order valence-corrected chi connectivity index (χ4v) is 4.28. The van der Waals surface area contributed by atoms with E-state index >= 15 is 0 Å². The monoisotopic (exact) mass is 535 g/mol. The molecular formula is C29H20F3NO4S. The summed E-state index contributed by atoms with van der Waals surface area (Å²) in [6.45, 7) is 1.38. The Bertz CT molecular complexity index is 1490. The molecule has 3 aromatic carbocycles. The Morgan fingerprint density at radius 2 is 1.71 bits per heavy atom. The molecule has 0 fully saturated rings. The number of nitrogens with zero attached hydrogens (tertiary/aromatic N) is 1. The van der Waals surface area contributed by atoms with Crippen molar-refractivity contribution in [1.82, 2.24) is 4.98 Å². The molecule has 0 bridgehead atoms. The highest BCUT2D eigenvalue weighted by Gasteiger charge is 2.30. The minimum atomic E-state index is -4.49. The van der Waals surface area contributed by atoms with Gasteiger partial charge in [-0.3, -0.25) is 0 Å². The van der Waals surface area contributed by atoms with Crippen LogP contribution in [0.15, 0.2) is 94.9 Å². The summed E-state index contributed by atoms with van der Waals surface area (Å²) in [5, 5.41) is 8.83. The lowest BCUT2D eigenvalue weighted by atomic mass is 10.2. The van der Waals surface area contributed by atoms with Gasteiger partial charge in [-0.05, 0) is 67.1 Å². The summed E-state index contributed by atoms with van der Waals surface area (Å²) in [5.41, 5.74) is 1.36. The number of aliphatic carboxylic acids is 1. The zero-order valence-corrected chi connectivity index (χ0v) is 20.8. The van der Waals surface area contributed by atoms with E-state index in [4.69, 9.17) is 14.6 Å². The van der Waals surface area contributed by atoms with Gasteiger partial charge < -0.3 is 14.6 Å². The second kappa shape index (κ2) is 11.8. The Balaban J connectivity index is 1.62. The van der Waals surface area contributed by atoms with E-state index in [0.717, 1.165) is 39.2 Å². The lowest BCUT2D eigenvalue weighted by Crippen LogP contribution is -2.09. The summed E-state index contributed by atoms with van der Waals surface area (Å²) < 4.78 is 49.7. The van der Waals surface area contributed by atoms with Crippen LogP contribution < -0.4 is 9.47 Å². The number of hydrogen-bond acceptors (Lipinski definition) is 5. The highest BCUT2D eigenvalue weighted by molar-refractivity contribution is 7.99. The number of rotatable bonds is 7. The number of hydrogen-bond donors (Lipinski definition) is 1. The van der Waals surface area contributed by atoms with Gasteiger partial charge >= 0.3 is 12.1 Å². The zero-order valence-electron chi connectivity index (χ0n) is 20.0. The molecule has 0 unspecified atom stereocenters.